The third-order valence-electron chi connectivity index (χ3n) is 7.53. The second-order valence-electron chi connectivity index (χ2n) is 10.5. The Morgan fingerprint density at radius 1 is 0.881 bits per heavy atom. The maximum atomic E-state index is 12.4. The lowest BCUT2D eigenvalue weighted by Gasteiger charge is -2.35. The van der Waals surface area contributed by atoms with E-state index in [1.165, 1.54) is 11.1 Å². The molecule has 42 heavy (non-hydrogen) atoms. The van der Waals surface area contributed by atoms with Crippen molar-refractivity contribution in [2.75, 3.05) is 19.7 Å². The van der Waals surface area contributed by atoms with Crippen molar-refractivity contribution in [2.45, 2.75) is 56.4 Å². The molecule has 1 aliphatic carbocycles. The lowest BCUT2D eigenvalue weighted by Crippen LogP contribution is -2.34. The van der Waals surface area contributed by atoms with E-state index in [-0.39, 0.29) is 31.1 Å². The summed E-state index contributed by atoms with van der Waals surface area (Å²) in [6.45, 7) is 1.74. The molecule has 9 heteroatoms. The van der Waals surface area contributed by atoms with E-state index in [1.807, 2.05) is 30.3 Å². The van der Waals surface area contributed by atoms with Gasteiger partial charge in [-0.05, 0) is 84.7 Å². The molecule has 0 amide bonds. The van der Waals surface area contributed by atoms with Gasteiger partial charge in [0.1, 0.15) is 24.1 Å². The van der Waals surface area contributed by atoms with E-state index in [1.54, 1.807) is 6.07 Å². The summed E-state index contributed by atoms with van der Waals surface area (Å²) in [5, 5.41) is 20.8. The minimum Gasteiger partial charge on any atom is -0.492 e. The molecule has 0 aromatic heterocycles. The zero-order valence-corrected chi connectivity index (χ0v) is 23.5. The van der Waals surface area contributed by atoms with Crippen LogP contribution in [0.25, 0.3) is 0 Å². The first-order valence-electron chi connectivity index (χ1n) is 14.3. The lowest BCUT2D eigenvalue weighted by molar-refractivity contribution is -0.139. The number of carbonyl (C=O) groups is 3. The van der Waals surface area contributed by atoms with Crippen molar-refractivity contribution in [3.63, 3.8) is 0 Å². The van der Waals surface area contributed by atoms with Crippen molar-refractivity contribution in [2.24, 2.45) is 5.73 Å². The van der Waals surface area contributed by atoms with Gasteiger partial charge in [-0.15, -0.1) is 0 Å². The number of carbonyl (C=O) groups excluding carboxylic acids is 1. The number of aliphatic carboxylic acids is 2. The number of carboxylic acid groups (broad SMARTS) is 2. The van der Waals surface area contributed by atoms with E-state index in [2.05, 4.69) is 41.7 Å². The van der Waals surface area contributed by atoms with Crippen LogP contribution in [0.5, 0.6) is 11.5 Å². The van der Waals surface area contributed by atoms with E-state index in [9.17, 15) is 14.4 Å². The second kappa shape index (κ2) is 15.1. The molecule has 3 atom stereocenters. The summed E-state index contributed by atoms with van der Waals surface area (Å²) in [4.78, 5) is 33.9. The fraction of sp³-hybridized carbons (Fsp3) is 0.364. The molecular formula is C33H38N2O7. The van der Waals surface area contributed by atoms with Crippen LogP contribution >= 0.6 is 0 Å². The van der Waals surface area contributed by atoms with Crippen LogP contribution in [0.1, 0.15) is 66.2 Å². The fourth-order valence-electron chi connectivity index (χ4n) is 5.42. The quantitative estimate of drug-likeness (QED) is 0.117. The van der Waals surface area contributed by atoms with Gasteiger partial charge in [0.15, 0.2) is 0 Å². The molecule has 0 bridgehead atoms. The molecule has 0 radical (unpaired) electrons. The van der Waals surface area contributed by atoms with Crippen LogP contribution < -0.4 is 20.5 Å². The minimum absolute atomic E-state index is 0.0168. The molecule has 5 N–H and O–H groups in total. The minimum atomic E-state index is -1.01. The number of fused-ring (bicyclic) bond motifs is 1. The number of nitrogens with one attached hydrogen (secondary N) is 1. The van der Waals surface area contributed by atoms with Crippen molar-refractivity contribution in [3.8, 4) is 11.5 Å². The van der Waals surface area contributed by atoms with Crippen molar-refractivity contribution >= 4 is 17.9 Å². The van der Waals surface area contributed by atoms with E-state index in [4.69, 9.17) is 25.4 Å². The lowest BCUT2D eigenvalue weighted by atomic mass is 9.69. The number of rotatable bonds is 15. The predicted octanol–water partition coefficient (Wildman–Crippen LogP) is 4.48. The summed E-state index contributed by atoms with van der Waals surface area (Å²) in [7, 11) is 0. The Balaban J connectivity index is 1.47. The van der Waals surface area contributed by atoms with Crippen molar-refractivity contribution < 1.29 is 34.1 Å². The Morgan fingerprint density at radius 2 is 1.60 bits per heavy atom. The zero-order valence-electron chi connectivity index (χ0n) is 23.5. The van der Waals surface area contributed by atoms with Gasteiger partial charge in [-0.2, -0.15) is 0 Å². The monoisotopic (exact) mass is 574 g/mol. The molecule has 0 spiro atoms. The highest BCUT2D eigenvalue weighted by atomic mass is 16.5. The van der Waals surface area contributed by atoms with Crippen LogP contribution in [0.15, 0.2) is 72.8 Å². The van der Waals surface area contributed by atoms with E-state index >= 15 is 0 Å². The maximum Gasteiger partial charge on any atom is 0.328 e. The number of hydrogen-bond donors (Lipinski definition) is 4. The Bertz CT molecular complexity index is 1340. The van der Waals surface area contributed by atoms with Gasteiger partial charge in [-0.3, -0.25) is 9.59 Å². The largest absolute Gasteiger partial charge is 0.492 e. The van der Waals surface area contributed by atoms with Crippen molar-refractivity contribution in [1.82, 2.24) is 5.32 Å². The van der Waals surface area contributed by atoms with Gasteiger partial charge in [0.25, 0.3) is 0 Å². The summed E-state index contributed by atoms with van der Waals surface area (Å²) in [5.41, 5.74) is 10.5. The summed E-state index contributed by atoms with van der Waals surface area (Å²) in [5.74, 6) is -0.921. The summed E-state index contributed by atoms with van der Waals surface area (Å²) >= 11 is 0. The van der Waals surface area contributed by atoms with Gasteiger partial charge in [-0.1, -0.05) is 48.5 Å². The molecule has 0 saturated heterocycles. The number of nitrogens with two attached hydrogens (primary N) is 1. The molecule has 1 aliphatic rings. The molecule has 0 heterocycles. The molecule has 0 aliphatic heterocycles. The Hall–Kier alpha value is -4.21. The normalized spacial score (nSPS) is 16.7. The summed E-state index contributed by atoms with van der Waals surface area (Å²) in [6, 6.07) is 23.3. The van der Waals surface area contributed by atoms with E-state index < -0.39 is 23.9 Å². The van der Waals surface area contributed by atoms with Gasteiger partial charge >= 0.3 is 17.9 Å². The topological polar surface area (TPSA) is 148 Å². The van der Waals surface area contributed by atoms with Gasteiger partial charge in [0, 0.05) is 25.3 Å². The van der Waals surface area contributed by atoms with Crippen LogP contribution in [-0.2, 0) is 20.8 Å². The Morgan fingerprint density at radius 3 is 2.31 bits per heavy atom. The third kappa shape index (κ3) is 8.64. The van der Waals surface area contributed by atoms with Crippen molar-refractivity contribution in [3.05, 3.63) is 95.1 Å². The number of aryl methyl sites for hydroxylation is 1. The molecule has 0 unspecified atom stereocenters. The van der Waals surface area contributed by atoms with Crippen molar-refractivity contribution in [1.29, 1.82) is 0 Å². The first-order valence-corrected chi connectivity index (χ1v) is 14.3. The second-order valence-corrected chi connectivity index (χ2v) is 10.5. The third-order valence-corrected chi connectivity index (χ3v) is 7.53. The smallest absolute Gasteiger partial charge is 0.328 e. The van der Waals surface area contributed by atoms with Crippen LogP contribution in [0.4, 0.5) is 0 Å². The number of carboxylic acids is 2. The predicted molar refractivity (Wildman–Crippen MR) is 158 cm³/mol. The molecule has 3 aromatic carbocycles. The van der Waals surface area contributed by atoms with E-state index in [0.717, 1.165) is 29.7 Å². The van der Waals surface area contributed by atoms with Gasteiger partial charge in [0.2, 0.25) is 0 Å². The fourth-order valence-corrected chi connectivity index (χ4v) is 5.42. The highest BCUT2D eigenvalue weighted by Gasteiger charge is 2.32. The molecule has 3 aromatic rings. The summed E-state index contributed by atoms with van der Waals surface area (Å²) in [6.07, 6.45) is 2.30. The highest BCUT2D eigenvalue weighted by Crippen LogP contribution is 2.47. The Labute approximate surface area is 245 Å². The molecule has 9 nitrogen and oxygen atoms in total. The van der Waals surface area contributed by atoms with Gasteiger partial charge < -0.3 is 30.7 Å². The molecular weight excluding hydrogens is 536 g/mol. The molecule has 222 valence electrons. The van der Waals surface area contributed by atoms with Crippen LogP contribution in [-0.4, -0.2) is 53.9 Å². The standard InChI is InChI=1S/C33H38N2O7/c34-29(16-17-31(38)39)33(40)42-26-13-15-28-24(21-26)10-14-27(22-5-2-1-3-6-22)32(28)23-8-11-25(12-9-23)41-20-19-35-18-4-7-30(36)37/h1-3,5-6,8-9,11-13,15,21,27,29,32,35H,4,7,10,14,16-20,34H2,(H,36,37)(H,38,39)/t27-,29+,32+/m1/s1. The van der Waals surface area contributed by atoms with Gasteiger partial charge in [-0.25, -0.2) is 4.79 Å². The Kier molecular flexibility index (Phi) is 11.1. The SMILES string of the molecule is N[C@@H](CCC(=O)O)C(=O)Oc1ccc2c(c1)CC[C@H](c1ccccc1)[C@@H]2c1ccc(OCCNCCCC(=O)O)cc1. The number of ether oxygens (including phenoxy) is 2. The number of benzene rings is 3. The van der Waals surface area contributed by atoms with Crippen LogP contribution in [0.2, 0.25) is 0 Å². The average Bonchev–Trinajstić information content (AvgIpc) is 2.99. The molecule has 0 fully saturated rings. The molecule has 4 rings (SSSR count). The number of hydrogen-bond acceptors (Lipinski definition) is 7. The first kappa shape index (κ1) is 30.7. The van der Waals surface area contributed by atoms with Crippen LogP contribution in [0, 0.1) is 0 Å². The number of esters is 1. The van der Waals surface area contributed by atoms with Crippen LogP contribution in [0.3, 0.4) is 0 Å². The first-order chi connectivity index (χ1) is 20.3. The zero-order chi connectivity index (χ0) is 29.9. The highest BCUT2D eigenvalue weighted by molar-refractivity contribution is 5.79. The van der Waals surface area contributed by atoms with Gasteiger partial charge in [0.05, 0.1) is 0 Å². The maximum absolute atomic E-state index is 12.4. The average molecular weight is 575 g/mol. The molecule has 0 saturated carbocycles. The summed E-state index contributed by atoms with van der Waals surface area (Å²) < 4.78 is 11.4. The van der Waals surface area contributed by atoms with E-state index in [0.29, 0.717) is 31.9 Å².